The summed E-state index contributed by atoms with van der Waals surface area (Å²) in [6.07, 6.45) is 3.95. The van der Waals surface area contributed by atoms with Crippen molar-refractivity contribution in [3.8, 4) is 0 Å². The van der Waals surface area contributed by atoms with Gasteiger partial charge >= 0.3 is 0 Å². The van der Waals surface area contributed by atoms with Crippen LogP contribution < -0.4 is 5.32 Å². The summed E-state index contributed by atoms with van der Waals surface area (Å²) >= 11 is 7.55. The van der Waals surface area contributed by atoms with Crippen LogP contribution in [0.25, 0.3) is 10.1 Å². The van der Waals surface area contributed by atoms with Gasteiger partial charge in [0, 0.05) is 16.6 Å². The molecule has 0 aliphatic carbocycles. The highest BCUT2D eigenvalue weighted by atomic mass is 35.5. The van der Waals surface area contributed by atoms with Gasteiger partial charge in [-0.25, -0.2) is 4.39 Å². The van der Waals surface area contributed by atoms with Crippen molar-refractivity contribution in [2.75, 3.05) is 19.6 Å². The van der Waals surface area contributed by atoms with Crippen LogP contribution in [0.4, 0.5) is 4.39 Å². The SMILES string of the molecule is O=C(NCC(c1ccco1)N1CCCC1)c1sc2cc(F)ccc2c1Cl. The van der Waals surface area contributed by atoms with Gasteiger partial charge in [-0.15, -0.1) is 11.3 Å². The van der Waals surface area contributed by atoms with Crippen molar-refractivity contribution >= 4 is 38.9 Å². The van der Waals surface area contributed by atoms with Crippen LogP contribution in [-0.2, 0) is 0 Å². The Labute approximate surface area is 159 Å². The smallest absolute Gasteiger partial charge is 0.263 e. The third-order valence-electron chi connectivity index (χ3n) is 4.71. The number of furan rings is 1. The molecule has 3 heterocycles. The first kappa shape index (κ1) is 17.5. The average Bonchev–Trinajstić information content (AvgIpc) is 3.37. The highest BCUT2D eigenvalue weighted by molar-refractivity contribution is 7.21. The highest BCUT2D eigenvalue weighted by Gasteiger charge is 2.27. The molecule has 1 aliphatic heterocycles. The molecule has 1 aromatic carbocycles. The molecule has 1 unspecified atom stereocenters. The topological polar surface area (TPSA) is 45.5 Å². The van der Waals surface area contributed by atoms with Crippen molar-refractivity contribution in [3.05, 3.63) is 58.1 Å². The lowest BCUT2D eigenvalue weighted by Crippen LogP contribution is -2.36. The summed E-state index contributed by atoms with van der Waals surface area (Å²) in [7, 11) is 0. The summed E-state index contributed by atoms with van der Waals surface area (Å²) in [6.45, 7) is 2.42. The number of fused-ring (bicyclic) bond motifs is 1. The van der Waals surface area contributed by atoms with Crippen molar-refractivity contribution in [2.24, 2.45) is 0 Å². The zero-order valence-electron chi connectivity index (χ0n) is 14.0. The van der Waals surface area contributed by atoms with Gasteiger partial charge in [0.15, 0.2) is 0 Å². The zero-order chi connectivity index (χ0) is 18.1. The predicted molar refractivity (Wildman–Crippen MR) is 101 cm³/mol. The Morgan fingerprint density at radius 1 is 1.35 bits per heavy atom. The van der Waals surface area contributed by atoms with E-state index in [0.717, 1.165) is 31.7 Å². The van der Waals surface area contributed by atoms with Crippen molar-refractivity contribution in [3.63, 3.8) is 0 Å². The number of hydrogen-bond donors (Lipinski definition) is 1. The normalized spacial score (nSPS) is 16.2. The summed E-state index contributed by atoms with van der Waals surface area (Å²) in [4.78, 5) is 15.4. The van der Waals surface area contributed by atoms with E-state index < -0.39 is 0 Å². The third kappa shape index (κ3) is 3.37. The van der Waals surface area contributed by atoms with Crippen LogP contribution in [0.15, 0.2) is 41.0 Å². The van der Waals surface area contributed by atoms with E-state index in [2.05, 4.69) is 10.2 Å². The number of amides is 1. The molecule has 0 saturated carbocycles. The van der Waals surface area contributed by atoms with Gasteiger partial charge in [-0.3, -0.25) is 9.69 Å². The summed E-state index contributed by atoms with van der Waals surface area (Å²) in [5.41, 5.74) is 0. The van der Waals surface area contributed by atoms with Crippen LogP contribution in [0.3, 0.4) is 0 Å². The van der Waals surface area contributed by atoms with Gasteiger partial charge < -0.3 is 9.73 Å². The fourth-order valence-electron chi connectivity index (χ4n) is 3.40. The number of nitrogens with one attached hydrogen (secondary N) is 1. The Hall–Kier alpha value is -1.89. The summed E-state index contributed by atoms with van der Waals surface area (Å²) in [6, 6.07) is 8.15. The minimum absolute atomic E-state index is 0.00190. The molecule has 26 heavy (non-hydrogen) atoms. The molecule has 0 bridgehead atoms. The van der Waals surface area contributed by atoms with Crippen molar-refractivity contribution in [1.82, 2.24) is 10.2 Å². The van der Waals surface area contributed by atoms with Crippen LogP contribution in [0, 0.1) is 5.82 Å². The Kier molecular flexibility index (Phi) is 4.98. The lowest BCUT2D eigenvalue weighted by Gasteiger charge is -2.25. The van der Waals surface area contributed by atoms with Gasteiger partial charge in [-0.1, -0.05) is 11.6 Å². The van der Waals surface area contributed by atoms with E-state index in [1.165, 1.54) is 23.5 Å². The van der Waals surface area contributed by atoms with Crippen LogP contribution in [0.5, 0.6) is 0 Å². The molecule has 0 spiro atoms. The minimum Gasteiger partial charge on any atom is -0.468 e. The van der Waals surface area contributed by atoms with Gasteiger partial charge in [0.25, 0.3) is 5.91 Å². The number of likely N-dealkylation sites (tertiary alicyclic amines) is 1. The molecule has 1 atom stereocenters. The maximum Gasteiger partial charge on any atom is 0.263 e. The van der Waals surface area contributed by atoms with E-state index in [9.17, 15) is 9.18 Å². The lowest BCUT2D eigenvalue weighted by atomic mass is 10.2. The molecular weight excluding hydrogens is 375 g/mol. The second-order valence-corrected chi connectivity index (χ2v) is 7.80. The maximum atomic E-state index is 13.4. The molecule has 1 N–H and O–H groups in total. The summed E-state index contributed by atoms with van der Waals surface area (Å²) < 4.78 is 19.7. The molecule has 1 aliphatic rings. The van der Waals surface area contributed by atoms with E-state index in [1.54, 1.807) is 12.3 Å². The Bertz CT molecular complexity index is 919. The molecule has 4 nitrogen and oxygen atoms in total. The number of rotatable bonds is 5. The molecular formula is C19H18ClFN2O2S. The fraction of sp³-hybridized carbons (Fsp3) is 0.316. The molecule has 1 fully saturated rings. The van der Waals surface area contributed by atoms with Crippen LogP contribution in [0.2, 0.25) is 5.02 Å². The number of nitrogens with zero attached hydrogens (tertiary/aromatic N) is 1. The third-order valence-corrected chi connectivity index (χ3v) is 6.36. The first-order valence-electron chi connectivity index (χ1n) is 8.56. The van der Waals surface area contributed by atoms with Crippen molar-refractivity contribution in [1.29, 1.82) is 0 Å². The van der Waals surface area contributed by atoms with Crippen LogP contribution in [0.1, 0.15) is 34.3 Å². The first-order chi connectivity index (χ1) is 12.6. The van der Waals surface area contributed by atoms with E-state index in [-0.39, 0.29) is 17.8 Å². The van der Waals surface area contributed by atoms with Gasteiger partial charge in [0.05, 0.1) is 17.3 Å². The number of thiophene rings is 1. The number of hydrogen-bond acceptors (Lipinski definition) is 4. The maximum absolute atomic E-state index is 13.4. The Morgan fingerprint density at radius 3 is 2.88 bits per heavy atom. The standard InChI is InChI=1S/C19H18ClFN2O2S/c20-17-13-6-5-12(21)10-16(13)26-18(17)19(24)22-11-14(15-4-3-9-25-15)23-7-1-2-8-23/h3-6,9-10,14H,1-2,7-8,11H2,(H,22,24). The highest BCUT2D eigenvalue weighted by Crippen LogP contribution is 2.35. The van der Waals surface area contributed by atoms with Crippen molar-refractivity contribution < 1.29 is 13.6 Å². The second-order valence-electron chi connectivity index (χ2n) is 6.37. The van der Waals surface area contributed by atoms with Gasteiger partial charge in [0.1, 0.15) is 16.5 Å². The quantitative estimate of drug-likeness (QED) is 0.674. The summed E-state index contributed by atoms with van der Waals surface area (Å²) in [5, 5.41) is 4.04. The van der Waals surface area contributed by atoms with E-state index in [0.29, 0.717) is 26.5 Å². The van der Waals surface area contributed by atoms with E-state index >= 15 is 0 Å². The number of benzene rings is 1. The minimum atomic E-state index is -0.339. The van der Waals surface area contributed by atoms with E-state index in [4.69, 9.17) is 16.0 Å². The van der Waals surface area contributed by atoms with Crippen molar-refractivity contribution in [2.45, 2.75) is 18.9 Å². The molecule has 1 amide bonds. The van der Waals surface area contributed by atoms with Crippen LogP contribution >= 0.6 is 22.9 Å². The van der Waals surface area contributed by atoms with Crippen LogP contribution in [-0.4, -0.2) is 30.4 Å². The van der Waals surface area contributed by atoms with Gasteiger partial charge in [-0.2, -0.15) is 0 Å². The fourth-order valence-corrected chi connectivity index (χ4v) is 4.86. The lowest BCUT2D eigenvalue weighted by molar-refractivity contribution is 0.0938. The Morgan fingerprint density at radius 2 is 2.15 bits per heavy atom. The average molecular weight is 393 g/mol. The Balaban J connectivity index is 1.53. The van der Waals surface area contributed by atoms with Gasteiger partial charge in [0.2, 0.25) is 0 Å². The number of halogens is 2. The molecule has 4 rings (SSSR count). The number of carbonyl (C=O) groups is 1. The second kappa shape index (κ2) is 7.39. The predicted octanol–water partition coefficient (Wildman–Crippen LogP) is 4.85. The first-order valence-corrected chi connectivity index (χ1v) is 9.76. The van der Waals surface area contributed by atoms with Gasteiger partial charge in [-0.05, 0) is 56.3 Å². The summed E-state index contributed by atoms with van der Waals surface area (Å²) in [5.74, 6) is 0.262. The molecule has 0 radical (unpaired) electrons. The largest absolute Gasteiger partial charge is 0.468 e. The molecule has 136 valence electrons. The molecule has 1 saturated heterocycles. The molecule has 3 aromatic rings. The number of carbonyl (C=O) groups excluding carboxylic acids is 1. The molecule has 2 aromatic heterocycles. The molecule has 7 heteroatoms. The zero-order valence-corrected chi connectivity index (χ0v) is 15.6. The monoisotopic (exact) mass is 392 g/mol. The van der Waals surface area contributed by atoms with E-state index in [1.807, 2.05) is 12.1 Å².